The number of rotatable bonds is 7. The number of hydrogen-bond acceptors (Lipinski definition) is 1. The Kier molecular flexibility index (Phi) is 6.99. The SMILES string of the molecule is CCO[C@H]1CC[C@@]2(C)C(CC[C@H]3[C@@H]4CC[C@H]([C@H](C)CCCC(C)C)[C@@]4(C)CC[C@@H]32)C1. The Morgan fingerprint density at radius 1 is 0.833 bits per heavy atom. The molecule has 9 atom stereocenters. The maximum Gasteiger partial charge on any atom is 0.0578 e. The Bertz CT molecular complexity index is 569. The maximum absolute atomic E-state index is 6.09. The van der Waals surface area contributed by atoms with Crippen molar-refractivity contribution in [2.45, 2.75) is 125 Å². The van der Waals surface area contributed by atoms with Crippen molar-refractivity contribution in [3.63, 3.8) is 0 Å². The molecule has 0 aromatic rings. The molecule has 0 aliphatic heterocycles. The van der Waals surface area contributed by atoms with Gasteiger partial charge in [0.2, 0.25) is 0 Å². The summed E-state index contributed by atoms with van der Waals surface area (Å²) in [4.78, 5) is 0. The highest BCUT2D eigenvalue weighted by Gasteiger charge is 2.60. The lowest BCUT2D eigenvalue weighted by Crippen LogP contribution is -2.54. The highest BCUT2D eigenvalue weighted by atomic mass is 16.5. The fourth-order valence-corrected chi connectivity index (χ4v) is 9.63. The Hall–Kier alpha value is -0.0400. The summed E-state index contributed by atoms with van der Waals surface area (Å²) in [5.41, 5.74) is 1.25. The van der Waals surface area contributed by atoms with Crippen LogP contribution in [0, 0.1) is 52.3 Å². The van der Waals surface area contributed by atoms with E-state index in [9.17, 15) is 0 Å². The van der Waals surface area contributed by atoms with Crippen LogP contribution < -0.4 is 0 Å². The third-order valence-corrected chi connectivity index (χ3v) is 11.2. The zero-order valence-corrected chi connectivity index (χ0v) is 21.2. The maximum atomic E-state index is 6.09. The van der Waals surface area contributed by atoms with E-state index in [0.29, 0.717) is 16.9 Å². The third-order valence-electron chi connectivity index (χ3n) is 11.2. The zero-order valence-electron chi connectivity index (χ0n) is 21.2. The molecule has 1 unspecified atom stereocenters. The molecule has 1 nitrogen and oxygen atoms in total. The van der Waals surface area contributed by atoms with Crippen LogP contribution in [0.4, 0.5) is 0 Å². The van der Waals surface area contributed by atoms with Crippen LogP contribution in [0.15, 0.2) is 0 Å². The van der Waals surface area contributed by atoms with E-state index in [2.05, 4.69) is 41.5 Å². The molecule has 4 aliphatic carbocycles. The fraction of sp³-hybridized carbons (Fsp3) is 1.00. The minimum Gasteiger partial charge on any atom is -0.378 e. The number of ether oxygens (including phenoxy) is 1. The summed E-state index contributed by atoms with van der Waals surface area (Å²) < 4.78 is 6.09. The van der Waals surface area contributed by atoms with Gasteiger partial charge >= 0.3 is 0 Å². The highest BCUT2D eigenvalue weighted by Crippen LogP contribution is 2.68. The molecule has 0 bridgehead atoms. The molecule has 0 heterocycles. The quantitative estimate of drug-likeness (QED) is 0.404. The predicted molar refractivity (Wildman–Crippen MR) is 128 cm³/mol. The smallest absolute Gasteiger partial charge is 0.0578 e. The summed E-state index contributed by atoms with van der Waals surface area (Å²) >= 11 is 0. The van der Waals surface area contributed by atoms with Gasteiger partial charge in [-0.15, -0.1) is 0 Å². The van der Waals surface area contributed by atoms with Gasteiger partial charge in [0.05, 0.1) is 6.10 Å². The Balaban J connectivity index is 1.43. The molecule has 174 valence electrons. The second kappa shape index (κ2) is 9.07. The van der Waals surface area contributed by atoms with Crippen LogP contribution in [-0.4, -0.2) is 12.7 Å². The van der Waals surface area contributed by atoms with Crippen LogP contribution in [0.25, 0.3) is 0 Å². The van der Waals surface area contributed by atoms with Crippen LogP contribution in [0.3, 0.4) is 0 Å². The molecule has 4 saturated carbocycles. The first kappa shape index (κ1) is 23.1. The largest absolute Gasteiger partial charge is 0.378 e. The molecular weight excluding hydrogens is 364 g/mol. The summed E-state index contributed by atoms with van der Waals surface area (Å²) in [7, 11) is 0. The third kappa shape index (κ3) is 4.04. The van der Waals surface area contributed by atoms with Gasteiger partial charge in [0, 0.05) is 6.61 Å². The van der Waals surface area contributed by atoms with E-state index in [1.54, 1.807) is 6.42 Å². The van der Waals surface area contributed by atoms with E-state index in [4.69, 9.17) is 4.74 Å². The summed E-state index contributed by atoms with van der Waals surface area (Å²) in [6, 6.07) is 0. The lowest BCUT2D eigenvalue weighted by atomic mass is 9.44. The molecule has 0 saturated heterocycles. The Morgan fingerprint density at radius 2 is 1.57 bits per heavy atom. The normalized spacial score (nSPS) is 46.9. The summed E-state index contributed by atoms with van der Waals surface area (Å²) in [6.45, 7) is 15.9. The molecular formula is C29H52O. The summed E-state index contributed by atoms with van der Waals surface area (Å²) in [5.74, 6) is 6.79. The Morgan fingerprint density at radius 3 is 2.30 bits per heavy atom. The lowest BCUT2D eigenvalue weighted by molar-refractivity contribution is -0.136. The van der Waals surface area contributed by atoms with E-state index < -0.39 is 0 Å². The number of hydrogen-bond donors (Lipinski definition) is 0. The van der Waals surface area contributed by atoms with Gasteiger partial charge in [-0.1, -0.05) is 53.9 Å². The van der Waals surface area contributed by atoms with Gasteiger partial charge in [-0.25, -0.2) is 0 Å². The molecule has 0 aromatic carbocycles. The molecule has 1 heteroatoms. The van der Waals surface area contributed by atoms with Crippen molar-refractivity contribution < 1.29 is 4.74 Å². The standard InChI is InChI=1S/C29H52O/c1-7-30-23-15-17-28(5)22(19-23)11-12-24-26-14-13-25(21(4)10-8-9-20(2)3)29(26,6)18-16-27(24)28/h20-27H,7-19H2,1-6H3/t21-,22?,23+,24+,25-,26+,27+,28+,29-/m1/s1. The van der Waals surface area contributed by atoms with Gasteiger partial charge < -0.3 is 4.74 Å². The molecule has 0 N–H and O–H groups in total. The Labute approximate surface area is 188 Å². The van der Waals surface area contributed by atoms with Crippen LogP contribution in [-0.2, 0) is 4.74 Å². The molecule has 4 rings (SSSR count). The van der Waals surface area contributed by atoms with Crippen molar-refractivity contribution >= 4 is 0 Å². The van der Waals surface area contributed by atoms with Gasteiger partial charge in [0.1, 0.15) is 0 Å². The summed E-state index contributed by atoms with van der Waals surface area (Å²) in [6.07, 6.45) is 18.1. The number of fused-ring (bicyclic) bond motifs is 5. The average molecular weight is 417 g/mol. The van der Waals surface area contributed by atoms with Gasteiger partial charge in [0.25, 0.3) is 0 Å². The van der Waals surface area contributed by atoms with Crippen LogP contribution in [0.2, 0.25) is 0 Å². The molecule has 4 fully saturated rings. The van der Waals surface area contributed by atoms with E-state index in [1.165, 1.54) is 70.6 Å². The molecule has 0 spiro atoms. The monoisotopic (exact) mass is 416 g/mol. The van der Waals surface area contributed by atoms with Crippen LogP contribution in [0.1, 0.15) is 119 Å². The summed E-state index contributed by atoms with van der Waals surface area (Å²) in [5, 5.41) is 0. The van der Waals surface area contributed by atoms with Crippen molar-refractivity contribution in [3.8, 4) is 0 Å². The van der Waals surface area contributed by atoms with Gasteiger partial charge in [-0.05, 0) is 117 Å². The van der Waals surface area contributed by atoms with Crippen molar-refractivity contribution in [2.75, 3.05) is 6.61 Å². The van der Waals surface area contributed by atoms with E-state index >= 15 is 0 Å². The van der Waals surface area contributed by atoms with Crippen molar-refractivity contribution in [3.05, 3.63) is 0 Å². The molecule has 4 aliphatic rings. The minimum atomic E-state index is 0.557. The van der Waals surface area contributed by atoms with E-state index in [-0.39, 0.29) is 0 Å². The fourth-order valence-electron chi connectivity index (χ4n) is 9.63. The first-order chi connectivity index (χ1) is 14.3. The predicted octanol–water partition coefficient (Wildman–Crippen LogP) is 8.51. The van der Waals surface area contributed by atoms with E-state index in [0.717, 1.165) is 48.0 Å². The van der Waals surface area contributed by atoms with Gasteiger partial charge in [0.15, 0.2) is 0 Å². The van der Waals surface area contributed by atoms with Crippen molar-refractivity contribution in [1.82, 2.24) is 0 Å². The lowest BCUT2D eigenvalue weighted by Gasteiger charge is -2.61. The molecule has 0 radical (unpaired) electrons. The highest BCUT2D eigenvalue weighted by molar-refractivity contribution is 5.09. The van der Waals surface area contributed by atoms with Gasteiger partial charge in [-0.3, -0.25) is 0 Å². The first-order valence-electron chi connectivity index (χ1n) is 13.9. The van der Waals surface area contributed by atoms with E-state index in [1.807, 2.05) is 0 Å². The van der Waals surface area contributed by atoms with Gasteiger partial charge in [-0.2, -0.15) is 0 Å². The van der Waals surface area contributed by atoms with Crippen LogP contribution >= 0.6 is 0 Å². The molecule has 0 amide bonds. The second-order valence-electron chi connectivity index (χ2n) is 13.0. The zero-order chi connectivity index (χ0) is 21.5. The van der Waals surface area contributed by atoms with Crippen LogP contribution in [0.5, 0.6) is 0 Å². The second-order valence-corrected chi connectivity index (χ2v) is 13.0. The molecule has 0 aromatic heterocycles. The van der Waals surface area contributed by atoms with Crippen molar-refractivity contribution in [2.24, 2.45) is 52.3 Å². The minimum absolute atomic E-state index is 0.557. The topological polar surface area (TPSA) is 9.23 Å². The van der Waals surface area contributed by atoms with Crippen molar-refractivity contribution in [1.29, 1.82) is 0 Å². The average Bonchev–Trinajstić information content (AvgIpc) is 3.05. The first-order valence-corrected chi connectivity index (χ1v) is 13.9. The molecule has 30 heavy (non-hydrogen) atoms.